The van der Waals surface area contributed by atoms with Gasteiger partial charge in [-0.1, -0.05) is 0 Å². The Kier molecular flexibility index (Phi) is 7.28. The smallest absolute Gasteiger partial charge is 0.321 e. The van der Waals surface area contributed by atoms with Crippen LogP contribution in [0.2, 0.25) is 0 Å². The maximum absolute atomic E-state index is 11.6. The van der Waals surface area contributed by atoms with E-state index in [0.29, 0.717) is 0 Å². The van der Waals surface area contributed by atoms with E-state index in [1.54, 1.807) is 34.6 Å². The molecule has 21 heavy (non-hydrogen) atoms. The molecule has 3 N–H and O–H groups in total. The fourth-order valence-electron chi connectivity index (χ4n) is 1.42. The minimum Gasteiger partial charge on any atom is -0.480 e. The molecule has 0 aromatic rings. The third kappa shape index (κ3) is 10.2. The Balaban J connectivity index is 4.59. The number of hydrogen-bond acceptors (Lipinski definition) is 5. The SMILES string of the molecule is CC(C)NS(=O)(=O)N[C@H](CCC(=O)OC(C)(C)C)C(=O)O. The normalized spacial score (nSPS) is 14.0. The van der Waals surface area contributed by atoms with Crippen LogP contribution in [0, 0.1) is 0 Å². The van der Waals surface area contributed by atoms with Crippen molar-refractivity contribution in [3.8, 4) is 0 Å². The molecule has 0 spiro atoms. The first-order valence-corrected chi connectivity index (χ1v) is 8.05. The molecule has 0 amide bonds. The number of carbonyl (C=O) groups is 2. The van der Waals surface area contributed by atoms with Gasteiger partial charge in [0.1, 0.15) is 11.6 Å². The van der Waals surface area contributed by atoms with Gasteiger partial charge in [0.25, 0.3) is 10.2 Å². The summed E-state index contributed by atoms with van der Waals surface area (Å²) in [7, 11) is -3.94. The summed E-state index contributed by atoms with van der Waals surface area (Å²) >= 11 is 0. The van der Waals surface area contributed by atoms with Crippen molar-refractivity contribution < 1.29 is 27.9 Å². The molecule has 0 aromatic carbocycles. The standard InChI is InChI=1S/C12H24N2O6S/c1-8(2)13-21(18,19)14-9(11(16)17)6-7-10(15)20-12(3,4)5/h8-9,13-14H,6-7H2,1-5H3,(H,16,17)/t9-/m1/s1. The van der Waals surface area contributed by atoms with Crippen LogP contribution in [0.3, 0.4) is 0 Å². The molecule has 0 aliphatic carbocycles. The summed E-state index contributed by atoms with van der Waals surface area (Å²) in [5.74, 6) is -1.93. The van der Waals surface area contributed by atoms with Gasteiger partial charge in [0.15, 0.2) is 0 Å². The van der Waals surface area contributed by atoms with Crippen LogP contribution in [0.5, 0.6) is 0 Å². The van der Waals surface area contributed by atoms with Crippen molar-refractivity contribution in [3.63, 3.8) is 0 Å². The zero-order valence-corrected chi connectivity index (χ0v) is 13.8. The fourth-order valence-corrected chi connectivity index (χ4v) is 2.70. The first-order chi connectivity index (χ1) is 9.32. The van der Waals surface area contributed by atoms with Gasteiger partial charge < -0.3 is 9.84 Å². The molecule has 0 radical (unpaired) electrons. The summed E-state index contributed by atoms with van der Waals surface area (Å²) in [4.78, 5) is 22.6. The van der Waals surface area contributed by atoms with Crippen LogP contribution in [-0.4, -0.2) is 43.1 Å². The molecule has 0 aromatic heterocycles. The molecule has 0 aliphatic rings. The van der Waals surface area contributed by atoms with Crippen LogP contribution in [0.4, 0.5) is 0 Å². The van der Waals surface area contributed by atoms with E-state index in [9.17, 15) is 18.0 Å². The summed E-state index contributed by atoms with van der Waals surface area (Å²) in [5, 5.41) is 9.01. The molecular weight excluding hydrogens is 300 g/mol. The van der Waals surface area contributed by atoms with Crippen molar-refractivity contribution >= 4 is 22.1 Å². The minimum atomic E-state index is -3.94. The molecule has 0 saturated carbocycles. The van der Waals surface area contributed by atoms with Gasteiger partial charge in [-0.25, -0.2) is 0 Å². The Labute approximate surface area is 125 Å². The highest BCUT2D eigenvalue weighted by molar-refractivity contribution is 7.87. The Hall–Kier alpha value is -1.19. The molecule has 0 heterocycles. The molecule has 0 unspecified atom stereocenters. The Morgan fingerprint density at radius 2 is 1.71 bits per heavy atom. The predicted octanol–water partition coefficient (Wildman–Crippen LogP) is 0.394. The van der Waals surface area contributed by atoms with E-state index < -0.39 is 33.8 Å². The van der Waals surface area contributed by atoms with Gasteiger partial charge in [-0.05, 0) is 41.0 Å². The topological polar surface area (TPSA) is 122 Å². The van der Waals surface area contributed by atoms with E-state index in [1.807, 2.05) is 4.72 Å². The number of carbonyl (C=O) groups excluding carboxylic acids is 1. The average Bonchev–Trinajstić information content (AvgIpc) is 2.19. The minimum absolute atomic E-state index is 0.191. The van der Waals surface area contributed by atoms with Gasteiger partial charge in [-0.3, -0.25) is 9.59 Å². The van der Waals surface area contributed by atoms with Gasteiger partial charge in [-0.15, -0.1) is 0 Å². The maximum Gasteiger partial charge on any atom is 0.321 e. The van der Waals surface area contributed by atoms with Crippen LogP contribution in [0.25, 0.3) is 0 Å². The number of nitrogens with one attached hydrogen (secondary N) is 2. The molecule has 8 nitrogen and oxygen atoms in total. The molecular formula is C12H24N2O6S. The van der Waals surface area contributed by atoms with Gasteiger partial charge in [0, 0.05) is 12.5 Å². The highest BCUT2D eigenvalue weighted by atomic mass is 32.2. The molecule has 0 rings (SSSR count). The van der Waals surface area contributed by atoms with Crippen molar-refractivity contribution in [1.82, 2.24) is 9.44 Å². The van der Waals surface area contributed by atoms with Crippen LogP contribution >= 0.6 is 0 Å². The molecule has 0 aliphatic heterocycles. The van der Waals surface area contributed by atoms with E-state index in [-0.39, 0.29) is 18.9 Å². The lowest BCUT2D eigenvalue weighted by Crippen LogP contribution is -2.48. The lowest BCUT2D eigenvalue weighted by molar-refractivity contribution is -0.155. The number of carboxylic acids is 1. The number of ether oxygens (including phenoxy) is 1. The van der Waals surface area contributed by atoms with E-state index >= 15 is 0 Å². The quantitative estimate of drug-likeness (QED) is 0.555. The largest absolute Gasteiger partial charge is 0.480 e. The number of aliphatic carboxylic acids is 1. The first-order valence-electron chi connectivity index (χ1n) is 6.56. The van der Waals surface area contributed by atoms with E-state index in [0.717, 1.165) is 0 Å². The third-order valence-corrected chi connectivity index (χ3v) is 3.42. The number of carboxylic acid groups (broad SMARTS) is 1. The molecule has 0 saturated heterocycles. The maximum atomic E-state index is 11.6. The second-order valence-electron chi connectivity index (χ2n) is 5.91. The predicted molar refractivity (Wildman–Crippen MR) is 76.8 cm³/mol. The van der Waals surface area contributed by atoms with Crippen molar-refractivity contribution in [2.45, 2.75) is 65.1 Å². The first kappa shape index (κ1) is 19.8. The van der Waals surface area contributed by atoms with Gasteiger partial charge >= 0.3 is 11.9 Å². The van der Waals surface area contributed by atoms with E-state index in [1.165, 1.54) is 0 Å². The van der Waals surface area contributed by atoms with Crippen molar-refractivity contribution in [1.29, 1.82) is 0 Å². The number of rotatable bonds is 8. The number of hydrogen-bond donors (Lipinski definition) is 3. The van der Waals surface area contributed by atoms with Crippen molar-refractivity contribution in [2.24, 2.45) is 0 Å². The fraction of sp³-hybridized carbons (Fsp3) is 0.833. The van der Waals surface area contributed by atoms with Crippen molar-refractivity contribution in [3.05, 3.63) is 0 Å². The summed E-state index contributed by atoms with van der Waals surface area (Å²) in [6.45, 7) is 8.28. The van der Waals surface area contributed by atoms with Crippen LogP contribution in [0.15, 0.2) is 0 Å². The summed E-state index contributed by atoms with van der Waals surface area (Å²) in [6.07, 6.45) is -0.387. The van der Waals surface area contributed by atoms with Gasteiger partial charge in [-0.2, -0.15) is 17.9 Å². The molecule has 0 fully saturated rings. The Morgan fingerprint density at radius 1 is 1.19 bits per heavy atom. The number of esters is 1. The Bertz CT molecular complexity index is 467. The lowest BCUT2D eigenvalue weighted by Gasteiger charge is -2.20. The third-order valence-electron chi connectivity index (χ3n) is 2.04. The van der Waals surface area contributed by atoms with Gasteiger partial charge in [0.2, 0.25) is 0 Å². The van der Waals surface area contributed by atoms with Crippen molar-refractivity contribution in [2.75, 3.05) is 0 Å². The summed E-state index contributed by atoms with van der Waals surface area (Å²) in [6, 6.07) is -1.77. The average molecular weight is 324 g/mol. The monoisotopic (exact) mass is 324 g/mol. The highest BCUT2D eigenvalue weighted by Gasteiger charge is 2.26. The highest BCUT2D eigenvalue weighted by Crippen LogP contribution is 2.10. The van der Waals surface area contributed by atoms with Gasteiger partial charge in [0.05, 0.1) is 0 Å². The van der Waals surface area contributed by atoms with E-state index in [4.69, 9.17) is 9.84 Å². The zero-order chi connectivity index (χ0) is 16.8. The molecule has 9 heteroatoms. The summed E-state index contributed by atoms with van der Waals surface area (Å²) in [5.41, 5.74) is -0.672. The molecule has 124 valence electrons. The van der Waals surface area contributed by atoms with Crippen LogP contribution in [-0.2, 0) is 24.5 Å². The Morgan fingerprint density at radius 3 is 2.10 bits per heavy atom. The van der Waals surface area contributed by atoms with E-state index in [2.05, 4.69) is 4.72 Å². The second kappa shape index (κ2) is 7.71. The zero-order valence-electron chi connectivity index (χ0n) is 13.0. The molecule has 1 atom stereocenters. The van der Waals surface area contributed by atoms with Crippen LogP contribution < -0.4 is 9.44 Å². The molecule has 0 bridgehead atoms. The lowest BCUT2D eigenvalue weighted by atomic mass is 10.1. The second-order valence-corrected chi connectivity index (χ2v) is 7.39. The summed E-state index contributed by atoms with van der Waals surface area (Å²) < 4.78 is 32.5. The van der Waals surface area contributed by atoms with Crippen LogP contribution in [0.1, 0.15) is 47.5 Å².